The molecule has 0 fully saturated rings. The lowest BCUT2D eigenvalue weighted by molar-refractivity contribution is 0.432. The van der Waals surface area contributed by atoms with Gasteiger partial charge in [-0.05, 0) is 30.3 Å². The monoisotopic (exact) mass is 275 g/mol. The third kappa shape index (κ3) is 2.46. The first-order valence-electron chi connectivity index (χ1n) is 5.44. The smallest absolute Gasteiger partial charge is 0.258 e. The highest BCUT2D eigenvalue weighted by Crippen LogP contribution is 2.24. The first-order valence-corrected chi connectivity index (χ1v) is 5.82. The zero-order valence-corrected chi connectivity index (χ0v) is 10.3. The molecule has 4 nitrogen and oxygen atoms in total. The van der Waals surface area contributed by atoms with Crippen molar-refractivity contribution in [1.82, 2.24) is 15.1 Å². The van der Waals surface area contributed by atoms with Crippen molar-refractivity contribution in [1.29, 1.82) is 0 Å². The Labute approximate surface area is 112 Å². The van der Waals surface area contributed by atoms with Crippen LogP contribution < -0.4 is 0 Å². The van der Waals surface area contributed by atoms with E-state index in [1.165, 1.54) is 12.1 Å². The van der Waals surface area contributed by atoms with E-state index in [1.54, 1.807) is 24.4 Å². The van der Waals surface area contributed by atoms with Crippen LogP contribution in [0.4, 0.5) is 4.39 Å². The lowest BCUT2D eigenvalue weighted by Gasteiger charge is -1.96. The fraction of sp³-hybridized carbons (Fsp3) is 0. The Kier molecular flexibility index (Phi) is 2.97. The van der Waals surface area contributed by atoms with E-state index < -0.39 is 5.82 Å². The predicted octanol–water partition coefficient (Wildman–Crippen LogP) is 3.59. The molecular formula is C13H7ClFN3O. The minimum atomic E-state index is -0.458. The summed E-state index contributed by atoms with van der Waals surface area (Å²) in [5, 5.41) is 4.08. The molecule has 0 atom stereocenters. The van der Waals surface area contributed by atoms with Gasteiger partial charge in [-0.25, -0.2) is 4.39 Å². The topological polar surface area (TPSA) is 51.8 Å². The second-order valence-electron chi connectivity index (χ2n) is 3.80. The molecule has 0 aliphatic heterocycles. The number of aromatic nitrogens is 3. The lowest BCUT2D eigenvalue weighted by Crippen LogP contribution is -1.85. The van der Waals surface area contributed by atoms with Gasteiger partial charge in [0.05, 0.1) is 0 Å². The molecule has 3 aromatic rings. The van der Waals surface area contributed by atoms with E-state index in [-0.39, 0.29) is 10.9 Å². The van der Waals surface area contributed by atoms with Crippen molar-refractivity contribution < 1.29 is 8.91 Å². The van der Waals surface area contributed by atoms with Crippen LogP contribution in [0.15, 0.2) is 47.1 Å². The summed E-state index contributed by atoms with van der Waals surface area (Å²) in [5.74, 6) is 0.0816. The summed E-state index contributed by atoms with van der Waals surface area (Å²) in [4.78, 5) is 8.27. The number of hydrogen-bond acceptors (Lipinski definition) is 4. The Morgan fingerprint density at radius 3 is 2.79 bits per heavy atom. The molecule has 19 heavy (non-hydrogen) atoms. The standard InChI is InChI=1S/C13H7ClFN3O/c14-9-5-8(6-10(15)7-9)13-17-12(18-19-13)11-3-1-2-4-16-11/h1-7H. The van der Waals surface area contributed by atoms with E-state index in [9.17, 15) is 4.39 Å². The van der Waals surface area contributed by atoms with Crippen LogP contribution in [0.1, 0.15) is 0 Å². The van der Waals surface area contributed by atoms with Crippen LogP contribution in [0, 0.1) is 5.82 Å². The first kappa shape index (κ1) is 11.8. The molecule has 0 bridgehead atoms. The molecule has 0 amide bonds. The van der Waals surface area contributed by atoms with Gasteiger partial charge in [0.25, 0.3) is 5.89 Å². The van der Waals surface area contributed by atoms with Crippen molar-refractivity contribution in [3.8, 4) is 23.0 Å². The van der Waals surface area contributed by atoms with E-state index in [1.807, 2.05) is 6.07 Å². The zero-order chi connectivity index (χ0) is 13.2. The van der Waals surface area contributed by atoms with Crippen molar-refractivity contribution in [3.63, 3.8) is 0 Å². The molecule has 2 aromatic heterocycles. The van der Waals surface area contributed by atoms with Gasteiger partial charge in [0.2, 0.25) is 5.82 Å². The number of benzene rings is 1. The molecule has 1 aromatic carbocycles. The van der Waals surface area contributed by atoms with Gasteiger partial charge in [-0.15, -0.1) is 0 Å². The maximum Gasteiger partial charge on any atom is 0.258 e. The van der Waals surface area contributed by atoms with Crippen LogP contribution in [0.2, 0.25) is 5.02 Å². The molecule has 0 aliphatic rings. The average Bonchev–Trinajstić information content (AvgIpc) is 2.88. The molecule has 3 rings (SSSR count). The van der Waals surface area contributed by atoms with Crippen LogP contribution in [0.5, 0.6) is 0 Å². The lowest BCUT2D eigenvalue weighted by atomic mass is 10.2. The normalized spacial score (nSPS) is 10.6. The first-order chi connectivity index (χ1) is 9.22. The number of halogens is 2. The molecule has 94 valence electrons. The second-order valence-corrected chi connectivity index (χ2v) is 4.23. The summed E-state index contributed by atoms with van der Waals surface area (Å²) in [6, 6.07) is 9.41. The number of hydrogen-bond donors (Lipinski definition) is 0. The summed E-state index contributed by atoms with van der Waals surface area (Å²) in [6.07, 6.45) is 1.63. The maximum absolute atomic E-state index is 13.3. The summed E-state index contributed by atoms with van der Waals surface area (Å²) >= 11 is 5.78. The Hall–Kier alpha value is -2.27. The molecule has 2 heterocycles. The van der Waals surface area contributed by atoms with Crippen LogP contribution in [0.25, 0.3) is 23.0 Å². The highest BCUT2D eigenvalue weighted by molar-refractivity contribution is 6.30. The third-order valence-corrected chi connectivity index (χ3v) is 2.65. The van der Waals surface area contributed by atoms with Crippen molar-refractivity contribution in [2.24, 2.45) is 0 Å². The van der Waals surface area contributed by atoms with Gasteiger partial charge in [-0.3, -0.25) is 4.98 Å². The molecule has 0 saturated carbocycles. The van der Waals surface area contributed by atoms with E-state index in [2.05, 4.69) is 15.1 Å². The van der Waals surface area contributed by atoms with Gasteiger partial charge in [-0.2, -0.15) is 4.98 Å². The van der Waals surface area contributed by atoms with Crippen molar-refractivity contribution in [2.45, 2.75) is 0 Å². The number of rotatable bonds is 2. The van der Waals surface area contributed by atoms with Crippen LogP contribution in [0.3, 0.4) is 0 Å². The van der Waals surface area contributed by atoms with Gasteiger partial charge in [-0.1, -0.05) is 22.8 Å². The predicted molar refractivity (Wildman–Crippen MR) is 67.9 cm³/mol. The molecule has 0 aliphatic carbocycles. The Balaban J connectivity index is 2.02. The highest BCUT2D eigenvalue weighted by atomic mass is 35.5. The Morgan fingerprint density at radius 1 is 1.16 bits per heavy atom. The quantitative estimate of drug-likeness (QED) is 0.717. The van der Waals surface area contributed by atoms with Crippen LogP contribution in [-0.4, -0.2) is 15.1 Å². The Bertz CT molecular complexity index is 695. The molecular weight excluding hydrogens is 269 g/mol. The van der Waals surface area contributed by atoms with Crippen LogP contribution >= 0.6 is 11.6 Å². The molecule has 0 unspecified atom stereocenters. The molecule has 0 spiro atoms. The van der Waals surface area contributed by atoms with Gasteiger partial charge in [0, 0.05) is 16.8 Å². The van der Waals surface area contributed by atoms with Gasteiger partial charge in [0.1, 0.15) is 11.5 Å². The second kappa shape index (κ2) is 4.78. The van der Waals surface area contributed by atoms with E-state index in [0.717, 1.165) is 0 Å². The largest absolute Gasteiger partial charge is 0.334 e. The zero-order valence-electron chi connectivity index (χ0n) is 9.55. The summed E-state index contributed by atoms with van der Waals surface area (Å²) in [7, 11) is 0. The fourth-order valence-corrected chi connectivity index (χ4v) is 1.84. The maximum atomic E-state index is 13.3. The summed E-state index contributed by atoms with van der Waals surface area (Å²) in [6.45, 7) is 0. The fourth-order valence-electron chi connectivity index (χ4n) is 1.62. The minimum absolute atomic E-state index is 0.196. The minimum Gasteiger partial charge on any atom is -0.334 e. The summed E-state index contributed by atoms with van der Waals surface area (Å²) in [5.41, 5.74) is 1.01. The molecule has 6 heteroatoms. The van der Waals surface area contributed by atoms with E-state index >= 15 is 0 Å². The third-order valence-electron chi connectivity index (χ3n) is 2.43. The van der Waals surface area contributed by atoms with Crippen molar-refractivity contribution in [3.05, 3.63) is 53.4 Å². The van der Waals surface area contributed by atoms with E-state index in [4.69, 9.17) is 16.1 Å². The molecule has 0 N–H and O–H groups in total. The average molecular weight is 276 g/mol. The summed E-state index contributed by atoms with van der Waals surface area (Å²) < 4.78 is 18.3. The number of nitrogens with zero attached hydrogens (tertiary/aromatic N) is 3. The number of pyridine rings is 1. The molecule has 0 radical (unpaired) electrons. The van der Waals surface area contributed by atoms with Crippen LogP contribution in [-0.2, 0) is 0 Å². The van der Waals surface area contributed by atoms with E-state index in [0.29, 0.717) is 17.1 Å². The van der Waals surface area contributed by atoms with Gasteiger partial charge in [0.15, 0.2) is 0 Å². The molecule has 0 saturated heterocycles. The Morgan fingerprint density at radius 2 is 2.05 bits per heavy atom. The van der Waals surface area contributed by atoms with Crippen molar-refractivity contribution in [2.75, 3.05) is 0 Å². The van der Waals surface area contributed by atoms with Gasteiger partial charge >= 0.3 is 0 Å². The van der Waals surface area contributed by atoms with Gasteiger partial charge < -0.3 is 4.52 Å². The van der Waals surface area contributed by atoms with Crippen molar-refractivity contribution >= 4 is 11.6 Å². The highest BCUT2D eigenvalue weighted by Gasteiger charge is 2.12. The SMILES string of the molecule is Fc1cc(Cl)cc(-c2nc(-c3ccccn3)no2)c1.